The van der Waals surface area contributed by atoms with Gasteiger partial charge in [0, 0.05) is 41.0 Å². The SMILES string of the molecule is O=C(c1cccc(Cl)c1)c1c(NC(=O)C2CCN(C(=O)O)CC2)sc2c1ccc(=O)n2-c1ccccc1. The van der Waals surface area contributed by atoms with Gasteiger partial charge < -0.3 is 15.3 Å². The van der Waals surface area contributed by atoms with Crippen LogP contribution in [0.4, 0.5) is 9.80 Å². The number of fused-ring (bicyclic) bond motifs is 1. The number of piperidine rings is 1. The molecule has 1 aliphatic rings. The quantitative estimate of drug-likeness (QED) is 0.339. The maximum Gasteiger partial charge on any atom is 0.407 e. The van der Waals surface area contributed by atoms with Crippen LogP contribution in [-0.4, -0.2) is 45.4 Å². The van der Waals surface area contributed by atoms with E-state index in [4.69, 9.17) is 11.6 Å². The van der Waals surface area contributed by atoms with Crippen LogP contribution in [0.15, 0.2) is 71.5 Å². The molecule has 0 atom stereocenters. The Kier molecular flexibility index (Phi) is 6.82. The summed E-state index contributed by atoms with van der Waals surface area (Å²) in [5.74, 6) is -1.01. The summed E-state index contributed by atoms with van der Waals surface area (Å²) in [6.45, 7) is 0.531. The molecule has 2 N–H and O–H groups in total. The van der Waals surface area contributed by atoms with Crippen LogP contribution in [0.2, 0.25) is 5.02 Å². The van der Waals surface area contributed by atoms with E-state index in [2.05, 4.69) is 5.32 Å². The summed E-state index contributed by atoms with van der Waals surface area (Å²) < 4.78 is 1.52. The van der Waals surface area contributed by atoms with Gasteiger partial charge in [-0.2, -0.15) is 0 Å². The number of para-hydroxylation sites is 1. The molecule has 3 heterocycles. The number of aromatic nitrogens is 1. The lowest BCUT2D eigenvalue weighted by Gasteiger charge is -2.29. The number of anilines is 1. The summed E-state index contributed by atoms with van der Waals surface area (Å²) in [7, 11) is 0. The molecule has 1 aliphatic heterocycles. The molecule has 0 unspecified atom stereocenters. The number of carbonyl (C=O) groups is 3. The smallest absolute Gasteiger partial charge is 0.407 e. The van der Waals surface area contributed by atoms with Crippen LogP contribution in [0.3, 0.4) is 0 Å². The summed E-state index contributed by atoms with van der Waals surface area (Å²) in [5, 5.41) is 13.4. The fourth-order valence-electron chi connectivity index (χ4n) is 4.54. The van der Waals surface area contributed by atoms with Crippen molar-refractivity contribution in [3.8, 4) is 5.69 Å². The normalized spacial score (nSPS) is 14.0. The van der Waals surface area contributed by atoms with Gasteiger partial charge in [-0.3, -0.25) is 19.0 Å². The van der Waals surface area contributed by atoms with E-state index in [1.807, 2.05) is 18.2 Å². The van der Waals surface area contributed by atoms with Crippen molar-refractivity contribution in [3.05, 3.63) is 93.2 Å². The van der Waals surface area contributed by atoms with Gasteiger partial charge in [-0.1, -0.05) is 53.3 Å². The predicted octanol–water partition coefficient (Wildman–Crippen LogP) is 5.27. The molecule has 8 nitrogen and oxygen atoms in total. The van der Waals surface area contributed by atoms with Crippen molar-refractivity contribution in [2.75, 3.05) is 18.4 Å². The molecule has 1 saturated heterocycles. The molecule has 2 aromatic heterocycles. The Morgan fingerprint density at radius 3 is 2.38 bits per heavy atom. The van der Waals surface area contributed by atoms with Gasteiger partial charge in [-0.15, -0.1) is 0 Å². The number of thiophene rings is 1. The molecule has 37 heavy (non-hydrogen) atoms. The van der Waals surface area contributed by atoms with Crippen molar-refractivity contribution < 1.29 is 19.5 Å². The second-order valence-electron chi connectivity index (χ2n) is 8.74. The standard InChI is InChI=1S/C27H22ClN3O5S/c28-18-6-4-5-17(15-18)23(33)22-20-9-10-21(32)31(19-7-2-1-3-8-19)26(20)37-25(22)29-24(34)16-11-13-30(14-12-16)27(35)36/h1-10,15-16H,11-14H2,(H,29,34)(H,35,36). The Labute approximate surface area is 220 Å². The van der Waals surface area contributed by atoms with E-state index in [1.165, 1.54) is 15.5 Å². The average molecular weight is 536 g/mol. The third-order valence-corrected chi connectivity index (χ3v) is 7.78. The highest BCUT2D eigenvalue weighted by atomic mass is 35.5. The van der Waals surface area contributed by atoms with Crippen LogP contribution in [0.1, 0.15) is 28.8 Å². The lowest BCUT2D eigenvalue weighted by Crippen LogP contribution is -2.40. The first-order chi connectivity index (χ1) is 17.8. The van der Waals surface area contributed by atoms with Crippen molar-refractivity contribution in [1.82, 2.24) is 9.47 Å². The predicted molar refractivity (Wildman–Crippen MR) is 143 cm³/mol. The Bertz CT molecular complexity index is 1570. The fourth-order valence-corrected chi connectivity index (χ4v) is 5.94. The highest BCUT2D eigenvalue weighted by Gasteiger charge is 2.30. The summed E-state index contributed by atoms with van der Waals surface area (Å²) in [4.78, 5) is 52.9. The van der Waals surface area contributed by atoms with Crippen LogP contribution < -0.4 is 10.9 Å². The van der Waals surface area contributed by atoms with Crippen LogP contribution in [0.5, 0.6) is 0 Å². The van der Waals surface area contributed by atoms with Gasteiger partial charge in [0.25, 0.3) is 5.56 Å². The Balaban J connectivity index is 1.60. The van der Waals surface area contributed by atoms with Crippen molar-refractivity contribution in [1.29, 1.82) is 0 Å². The van der Waals surface area contributed by atoms with Gasteiger partial charge >= 0.3 is 6.09 Å². The Hall–Kier alpha value is -3.95. The number of ketones is 1. The van der Waals surface area contributed by atoms with Crippen LogP contribution >= 0.6 is 22.9 Å². The number of carbonyl (C=O) groups excluding carboxylic acids is 2. The highest BCUT2D eigenvalue weighted by Crippen LogP contribution is 2.38. The largest absolute Gasteiger partial charge is 0.465 e. The van der Waals surface area contributed by atoms with Crippen LogP contribution in [-0.2, 0) is 4.79 Å². The van der Waals surface area contributed by atoms with E-state index in [0.717, 1.165) is 11.3 Å². The number of carboxylic acid groups (broad SMARTS) is 1. The summed E-state index contributed by atoms with van der Waals surface area (Å²) >= 11 is 7.30. The lowest BCUT2D eigenvalue weighted by atomic mass is 9.96. The minimum absolute atomic E-state index is 0.263. The van der Waals surface area contributed by atoms with E-state index in [0.29, 0.717) is 44.3 Å². The van der Waals surface area contributed by atoms with E-state index in [-0.39, 0.29) is 35.9 Å². The van der Waals surface area contributed by atoms with Gasteiger partial charge in [0.05, 0.1) is 11.3 Å². The number of pyridine rings is 1. The maximum atomic E-state index is 13.7. The molecule has 2 aromatic carbocycles. The first kappa shape index (κ1) is 24.7. The maximum absolute atomic E-state index is 13.7. The number of hydrogen-bond donors (Lipinski definition) is 2. The molecule has 0 radical (unpaired) electrons. The van der Waals surface area contributed by atoms with Crippen LogP contribution in [0, 0.1) is 5.92 Å². The van der Waals surface area contributed by atoms with Crippen molar-refractivity contribution >= 4 is 55.9 Å². The molecule has 10 heteroatoms. The molecule has 2 amide bonds. The molecule has 0 bridgehead atoms. The molecule has 0 aliphatic carbocycles. The summed E-state index contributed by atoms with van der Waals surface area (Å²) in [6, 6.07) is 18.7. The number of benzene rings is 2. The molecule has 188 valence electrons. The number of halogens is 1. The minimum atomic E-state index is -1.00. The van der Waals surface area contributed by atoms with Gasteiger partial charge in [0.2, 0.25) is 5.91 Å². The molecule has 4 aromatic rings. The second-order valence-corrected chi connectivity index (χ2v) is 10.2. The third kappa shape index (κ3) is 4.87. The lowest BCUT2D eigenvalue weighted by molar-refractivity contribution is -0.121. The number of rotatable bonds is 5. The molecule has 1 fully saturated rings. The van der Waals surface area contributed by atoms with Crippen molar-refractivity contribution in [2.45, 2.75) is 12.8 Å². The monoisotopic (exact) mass is 535 g/mol. The molecular weight excluding hydrogens is 514 g/mol. The average Bonchev–Trinajstić information content (AvgIpc) is 3.26. The zero-order chi connectivity index (χ0) is 26.1. The number of amides is 2. The molecular formula is C27H22ClN3O5S. The second kappa shape index (κ2) is 10.2. The molecule has 0 spiro atoms. The van der Waals surface area contributed by atoms with Gasteiger partial charge in [-0.25, -0.2) is 4.79 Å². The van der Waals surface area contributed by atoms with Gasteiger partial charge in [-0.05, 0) is 43.2 Å². The zero-order valence-corrected chi connectivity index (χ0v) is 21.1. The molecule has 5 rings (SSSR count). The highest BCUT2D eigenvalue weighted by molar-refractivity contribution is 7.23. The van der Waals surface area contributed by atoms with Crippen LogP contribution in [0.25, 0.3) is 15.9 Å². The van der Waals surface area contributed by atoms with E-state index >= 15 is 0 Å². The first-order valence-corrected chi connectivity index (χ1v) is 12.9. The van der Waals surface area contributed by atoms with Crippen molar-refractivity contribution in [3.63, 3.8) is 0 Å². The number of hydrogen-bond acceptors (Lipinski definition) is 5. The Morgan fingerprint density at radius 1 is 0.973 bits per heavy atom. The zero-order valence-electron chi connectivity index (χ0n) is 19.5. The van der Waals surface area contributed by atoms with E-state index < -0.39 is 12.0 Å². The van der Waals surface area contributed by atoms with Crippen molar-refractivity contribution in [2.24, 2.45) is 5.92 Å². The number of nitrogens with zero attached hydrogens (tertiary/aromatic N) is 2. The minimum Gasteiger partial charge on any atom is -0.465 e. The Morgan fingerprint density at radius 2 is 1.70 bits per heavy atom. The number of likely N-dealkylation sites (tertiary alicyclic amines) is 1. The first-order valence-electron chi connectivity index (χ1n) is 11.7. The van der Waals surface area contributed by atoms with E-state index in [1.54, 1.807) is 42.5 Å². The van der Waals surface area contributed by atoms with Gasteiger partial charge in [0.1, 0.15) is 9.83 Å². The fraction of sp³-hybridized carbons (Fsp3) is 0.185. The van der Waals surface area contributed by atoms with Gasteiger partial charge in [0.15, 0.2) is 5.78 Å². The summed E-state index contributed by atoms with van der Waals surface area (Å²) in [5.41, 5.74) is 1.01. The third-order valence-electron chi connectivity index (χ3n) is 6.44. The topological polar surface area (TPSA) is 109 Å². The van der Waals surface area contributed by atoms with E-state index in [9.17, 15) is 24.3 Å². The summed E-state index contributed by atoms with van der Waals surface area (Å²) in [6.07, 6.45) is -0.235. The molecule has 0 saturated carbocycles. The number of nitrogens with one attached hydrogen (secondary N) is 1.